The highest BCUT2D eigenvalue weighted by Crippen LogP contribution is 2.31. The van der Waals surface area contributed by atoms with Crippen LogP contribution in [0.2, 0.25) is 0 Å². The summed E-state index contributed by atoms with van der Waals surface area (Å²) in [5, 5.41) is 2.96. The fraction of sp³-hybridized carbons (Fsp3) is 0.700. The number of rotatable bonds is 10. The lowest BCUT2D eigenvalue weighted by Gasteiger charge is -2.26. The minimum absolute atomic E-state index is 0.123. The fourth-order valence-electron chi connectivity index (χ4n) is 2.42. The molecule has 1 N–H and O–H groups in total. The fourth-order valence-corrected chi connectivity index (χ4v) is 2.86. The van der Waals surface area contributed by atoms with Crippen LogP contribution in [0.15, 0.2) is 10.7 Å². The van der Waals surface area contributed by atoms with Crippen LogP contribution in [0.3, 0.4) is 0 Å². The molecule has 1 aromatic heterocycles. The quantitative estimate of drug-likeness (QED) is 0.412. The van der Waals surface area contributed by atoms with Gasteiger partial charge in [-0.25, -0.2) is 9.78 Å². The first kappa shape index (κ1) is 24.5. The zero-order chi connectivity index (χ0) is 21.3. The smallest absolute Gasteiger partial charge is 0.407 e. The molecule has 0 saturated heterocycles. The van der Waals surface area contributed by atoms with Gasteiger partial charge in [-0.2, -0.15) is 0 Å². The molecule has 0 saturated carbocycles. The molecular weight excluding hydrogens is 428 g/mol. The summed E-state index contributed by atoms with van der Waals surface area (Å²) >= 11 is 3.50. The van der Waals surface area contributed by atoms with Crippen molar-refractivity contribution in [3.63, 3.8) is 0 Å². The van der Waals surface area contributed by atoms with Crippen LogP contribution in [-0.4, -0.2) is 50.2 Å². The van der Waals surface area contributed by atoms with E-state index in [0.29, 0.717) is 35.9 Å². The van der Waals surface area contributed by atoms with Crippen molar-refractivity contribution in [2.24, 2.45) is 5.92 Å². The predicted molar refractivity (Wildman–Crippen MR) is 112 cm³/mol. The number of hydrogen-bond acceptors (Lipinski definition) is 6. The Kier molecular flexibility index (Phi) is 10.0. The van der Waals surface area contributed by atoms with E-state index in [9.17, 15) is 4.79 Å². The summed E-state index contributed by atoms with van der Waals surface area (Å²) in [5.74, 6) is 1.18. The van der Waals surface area contributed by atoms with Gasteiger partial charge in [0.15, 0.2) is 5.75 Å². The third-order valence-electron chi connectivity index (χ3n) is 3.87. The molecule has 0 radical (unpaired) electrons. The number of nitrogens with zero attached hydrogens (tertiary/aromatic N) is 1. The molecule has 0 unspecified atom stereocenters. The molecule has 28 heavy (non-hydrogen) atoms. The Morgan fingerprint density at radius 1 is 1.25 bits per heavy atom. The van der Waals surface area contributed by atoms with E-state index in [1.54, 1.807) is 14.2 Å². The average molecular weight is 461 g/mol. The van der Waals surface area contributed by atoms with Crippen molar-refractivity contribution in [3.8, 4) is 11.6 Å². The molecule has 0 fully saturated rings. The van der Waals surface area contributed by atoms with E-state index in [4.69, 9.17) is 18.9 Å². The number of pyridine rings is 1. The van der Waals surface area contributed by atoms with E-state index >= 15 is 0 Å². The van der Waals surface area contributed by atoms with Gasteiger partial charge in [-0.15, -0.1) is 0 Å². The second kappa shape index (κ2) is 11.5. The lowest BCUT2D eigenvalue weighted by Crippen LogP contribution is -2.43. The van der Waals surface area contributed by atoms with Gasteiger partial charge in [0.1, 0.15) is 10.2 Å². The molecule has 1 atom stereocenters. The van der Waals surface area contributed by atoms with Gasteiger partial charge in [-0.05, 0) is 60.7 Å². The van der Waals surface area contributed by atoms with Crippen molar-refractivity contribution in [1.82, 2.24) is 10.3 Å². The van der Waals surface area contributed by atoms with Crippen molar-refractivity contribution in [2.75, 3.05) is 27.4 Å². The summed E-state index contributed by atoms with van der Waals surface area (Å²) in [6.45, 7) is 10.7. The molecule has 0 aromatic carbocycles. The Bertz CT molecular complexity index is 632. The summed E-state index contributed by atoms with van der Waals surface area (Å²) in [7, 11) is 3.21. The molecule has 1 aromatic rings. The Labute approximate surface area is 176 Å². The van der Waals surface area contributed by atoms with Gasteiger partial charge in [0.25, 0.3) is 5.88 Å². The number of halogens is 1. The van der Waals surface area contributed by atoms with Gasteiger partial charge >= 0.3 is 6.09 Å². The van der Waals surface area contributed by atoms with Crippen LogP contribution in [-0.2, 0) is 15.9 Å². The van der Waals surface area contributed by atoms with Crippen molar-refractivity contribution >= 4 is 22.0 Å². The molecule has 0 spiro atoms. The van der Waals surface area contributed by atoms with Crippen LogP contribution in [0.25, 0.3) is 0 Å². The minimum atomic E-state index is -0.545. The van der Waals surface area contributed by atoms with Crippen LogP contribution < -0.4 is 14.8 Å². The number of alkyl carbamates (subject to hydrolysis) is 1. The van der Waals surface area contributed by atoms with E-state index in [0.717, 1.165) is 12.0 Å². The Balaban J connectivity index is 2.94. The first-order chi connectivity index (χ1) is 13.1. The maximum Gasteiger partial charge on any atom is 0.407 e. The zero-order valence-corrected chi connectivity index (χ0v) is 19.5. The first-order valence-corrected chi connectivity index (χ1v) is 10.2. The van der Waals surface area contributed by atoms with Gasteiger partial charge in [0.2, 0.25) is 0 Å². The molecule has 1 rings (SSSR count). The largest absolute Gasteiger partial charge is 0.488 e. The molecule has 0 bridgehead atoms. The zero-order valence-electron chi connectivity index (χ0n) is 17.9. The van der Waals surface area contributed by atoms with E-state index < -0.39 is 11.7 Å². The molecule has 1 amide bonds. The summed E-state index contributed by atoms with van der Waals surface area (Å²) in [6.07, 6.45) is 0.905. The molecule has 160 valence electrons. The van der Waals surface area contributed by atoms with Gasteiger partial charge in [-0.1, -0.05) is 13.8 Å². The van der Waals surface area contributed by atoms with E-state index in [2.05, 4.69) is 40.1 Å². The highest BCUT2D eigenvalue weighted by molar-refractivity contribution is 9.10. The van der Waals surface area contributed by atoms with Gasteiger partial charge in [0, 0.05) is 26.2 Å². The van der Waals surface area contributed by atoms with Gasteiger partial charge in [0.05, 0.1) is 13.7 Å². The molecular formula is C20H33BrN2O5. The number of methoxy groups -OCH3 is 2. The third-order valence-corrected chi connectivity index (χ3v) is 4.56. The van der Waals surface area contributed by atoms with E-state index in [1.807, 2.05) is 26.8 Å². The van der Waals surface area contributed by atoms with E-state index in [1.165, 1.54) is 0 Å². The maximum atomic E-state index is 12.2. The van der Waals surface area contributed by atoms with Gasteiger partial charge in [-0.3, -0.25) is 0 Å². The number of ether oxygens (including phenoxy) is 4. The second-order valence-corrected chi connectivity index (χ2v) is 8.59. The molecule has 0 aliphatic rings. The summed E-state index contributed by atoms with van der Waals surface area (Å²) in [6, 6.07) is 1.78. The Hall–Kier alpha value is -1.54. The lowest BCUT2D eigenvalue weighted by molar-refractivity contribution is 0.0490. The first-order valence-electron chi connectivity index (χ1n) is 9.42. The SMILES string of the molecule is COCCCOc1cc(C[C@H](NC(=O)OC(C)(C)C)C(C)C)c(Br)nc1OC. The standard InChI is InChI=1S/C20H33BrN2O5/c1-13(2)15(22-19(24)28-20(3,4)5)11-14-12-16(27-10-8-9-25-6)18(26-7)23-17(14)21/h12-13,15H,8-11H2,1-7H3,(H,22,24)/t15-/m0/s1. The van der Waals surface area contributed by atoms with Crippen LogP contribution in [0.1, 0.15) is 46.6 Å². The maximum absolute atomic E-state index is 12.2. The van der Waals surface area contributed by atoms with Crippen molar-refractivity contribution in [1.29, 1.82) is 0 Å². The van der Waals surface area contributed by atoms with Crippen LogP contribution >= 0.6 is 15.9 Å². The Morgan fingerprint density at radius 2 is 1.93 bits per heavy atom. The minimum Gasteiger partial charge on any atom is -0.488 e. The summed E-state index contributed by atoms with van der Waals surface area (Å²) < 4.78 is 22.2. The van der Waals surface area contributed by atoms with Crippen LogP contribution in [0, 0.1) is 5.92 Å². The molecule has 0 aliphatic carbocycles. The highest BCUT2D eigenvalue weighted by Gasteiger charge is 2.23. The number of aromatic nitrogens is 1. The topological polar surface area (TPSA) is 78.9 Å². The summed E-state index contributed by atoms with van der Waals surface area (Å²) in [4.78, 5) is 16.6. The second-order valence-electron chi connectivity index (χ2n) is 7.84. The molecule has 8 heteroatoms. The number of carbonyl (C=O) groups is 1. The summed E-state index contributed by atoms with van der Waals surface area (Å²) in [5.41, 5.74) is 0.370. The number of amides is 1. The highest BCUT2D eigenvalue weighted by atomic mass is 79.9. The lowest BCUT2D eigenvalue weighted by atomic mass is 9.97. The average Bonchev–Trinajstić information content (AvgIpc) is 2.58. The molecule has 7 nitrogen and oxygen atoms in total. The van der Waals surface area contributed by atoms with Crippen molar-refractivity contribution in [3.05, 3.63) is 16.2 Å². The third kappa shape index (κ3) is 8.65. The van der Waals surface area contributed by atoms with Crippen molar-refractivity contribution < 1.29 is 23.7 Å². The van der Waals surface area contributed by atoms with E-state index in [-0.39, 0.29) is 12.0 Å². The monoisotopic (exact) mass is 460 g/mol. The number of hydrogen-bond donors (Lipinski definition) is 1. The van der Waals surface area contributed by atoms with Crippen molar-refractivity contribution in [2.45, 2.75) is 59.1 Å². The predicted octanol–water partition coefficient (Wildman–Crippen LogP) is 4.36. The Morgan fingerprint density at radius 3 is 2.46 bits per heavy atom. The molecule has 0 aliphatic heterocycles. The van der Waals surface area contributed by atoms with Gasteiger partial charge < -0.3 is 24.3 Å². The number of nitrogens with one attached hydrogen (secondary N) is 1. The van der Waals surface area contributed by atoms with Crippen LogP contribution in [0.4, 0.5) is 4.79 Å². The van der Waals surface area contributed by atoms with Crippen LogP contribution in [0.5, 0.6) is 11.6 Å². The number of carbonyl (C=O) groups excluding carboxylic acids is 1. The normalized spacial score (nSPS) is 12.6. The molecule has 1 heterocycles.